The largest absolute Gasteiger partial charge is 0.481 e. The lowest BCUT2D eigenvalue weighted by molar-refractivity contribution is -0.160. The van der Waals surface area contributed by atoms with E-state index in [2.05, 4.69) is 19.5 Å². The molecule has 0 aromatic heterocycles. The summed E-state index contributed by atoms with van der Waals surface area (Å²) in [6.45, 7) is 7.43. The molecular weight excluding hydrogens is 800 g/mol. The first-order valence-electron chi connectivity index (χ1n) is 20.1. The van der Waals surface area contributed by atoms with E-state index in [1.165, 1.54) is 57.7 Å². The average molecular weight is 856 g/mol. The van der Waals surface area contributed by atoms with Crippen molar-refractivity contribution in [3.63, 3.8) is 0 Å². The van der Waals surface area contributed by atoms with Crippen molar-refractivity contribution in [3.8, 4) is 0 Å². The molecule has 332 valence electrons. The third-order valence-corrected chi connectivity index (χ3v) is 10.8. The van der Waals surface area contributed by atoms with Crippen LogP contribution in [-0.4, -0.2) is 91.6 Å². The second-order valence-corrected chi connectivity index (χ2v) is 14.7. The highest BCUT2D eigenvalue weighted by Crippen LogP contribution is 2.30. The number of amides is 2. The van der Waals surface area contributed by atoms with Gasteiger partial charge in [-0.05, 0) is 119 Å². The highest BCUT2D eigenvalue weighted by atomic mass is 19.1. The number of piperidine rings is 2. The fourth-order valence-electron chi connectivity index (χ4n) is 7.11. The second kappa shape index (κ2) is 24.5. The molecule has 2 saturated heterocycles. The molecule has 16 heteroatoms. The number of carboxylic acids is 1. The number of esters is 3. The summed E-state index contributed by atoms with van der Waals surface area (Å²) >= 11 is 0. The third-order valence-electron chi connectivity index (χ3n) is 10.8. The first-order valence-corrected chi connectivity index (χ1v) is 20.1. The van der Waals surface area contributed by atoms with Gasteiger partial charge >= 0.3 is 23.9 Å². The van der Waals surface area contributed by atoms with Crippen LogP contribution in [0, 0.1) is 35.2 Å². The summed E-state index contributed by atoms with van der Waals surface area (Å²) in [5.41, 5.74) is 2.63. The van der Waals surface area contributed by atoms with Gasteiger partial charge in [0.2, 0.25) is 11.8 Å². The molecule has 13 nitrogen and oxygen atoms in total. The number of likely N-dealkylation sites (tertiary alicyclic amines) is 2. The van der Waals surface area contributed by atoms with Crippen molar-refractivity contribution in [2.45, 2.75) is 77.4 Å². The van der Waals surface area contributed by atoms with Gasteiger partial charge in [-0.1, -0.05) is 36.4 Å². The summed E-state index contributed by atoms with van der Waals surface area (Å²) in [5, 5.41) is 12.3. The van der Waals surface area contributed by atoms with Crippen molar-refractivity contribution in [1.29, 1.82) is 0 Å². The molecule has 3 aromatic rings. The van der Waals surface area contributed by atoms with Gasteiger partial charge in [0.1, 0.15) is 29.3 Å². The molecule has 2 N–H and O–H groups in total. The Kier molecular flexibility index (Phi) is 19.9. The molecule has 2 heterocycles. The maximum atomic E-state index is 12.9. The molecule has 61 heavy (non-hydrogen) atoms. The number of nitrogens with one attached hydrogen (secondary N) is 1. The molecule has 0 saturated carbocycles. The van der Waals surface area contributed by atoms with Crippen LogP contribution in [0.3, 0.4) is 0 Å². The predicted octanol–water partition coefficient (Wildman–Crippen LogP) is 6.73. The van der Waals surface area contributed by atoms with Gasteiger partial charge in [0.25, 0.3) is 0 Å². The van der Waals surface area contributed by atoms with Crippen LogP contribution in [0.2, 0.25) is 0 Å². The molecule has 2 unspecified atom stereocenters. The number of nitrogens with zero attached hydrogens (tertiary/aromatic N) is 2. The standard InChI is InChI=1S/C16H22FNO4.C15H18FNO3.C14H16FNO3/c1-11(12-6-8-13(17)9-7-12)18-10-4-5-14(15(19)21-2)16(20)22-3;1-10(11-5-7-12(16)8-6-11)17-9-3-4-13(14(17)18)15(19)20-2;1-9(10-4-6-11(15)7-5-10)16-8-2-3-12(13(16)17)14(18)19/h6-9,11,14,18H,4-5,10H2,1-3H3;5-8,10,13H,3-4,9H2,1-2H3;4-7,9,12H,2-3,8H2,1H3,(H,18,19)/t11-;10-,13?;9-,12?/m000/s1. The van der Waals surface area contributed by atoms with E-state index in [0.29, 0.717) is 51.7 Å². The van der Waals surface area contributed by atoms with E-state index in [9.17, 15) is 41.9 Å². The van der Waals surface area contributed by atoms with E-state index >= 15 is 0 Å². The minimum absolute atomic E-state index is 0.0512. The number of methoxy groups -OCH3 is 3. The number of hydrogen-bond donors (Lipinski definition) is 2. The van der Waals surface area contributed by atoms with E-state index in [1.807, 2.05) is 20.8 Å². The van der Waals surface area contributed by atoms with Crippen LogP contribution in [-0.2, 0) is 43.0 Å². The number of aliphatic carboxylic acids is 1. The minimum atomic E-state index is -1.07. The molecule has 2 aliphatic rings. The topological polar surface area (TPSA) is 169 Å². The van der Waals surface area contributed by atoms with E-state index in [1.54, 1.807) is 46.2 Å². The zero-order valence-corrected chi connectivity index (χ0v) is 35.4. The van der Waals surface area contributed by atoms with Crippen LogP contribution in [0.4, 0.5) is 13.2 Å². The van der Waals surface area contributed by atoms with Crippen molar-refractivity contribution in [2.24, 2.45) is 17.8 Å². The van der Waals surface area contributed by atoms with Crippen LogP contribution in [0.5, 0.6) is 0 Å². The summed E-state index contributed by atoms with van der Waals surface area (Å²) < 4.78 is 52.5. The molecule has 2 aliphatic heterocycles. The molecule has 0 radical (unpaired) electrons. The van der Waals surface area contributed by atoms with Crippen molar-refractivity contribution >= 4 is 35.7 Å². The Morgan fingerprint density at radius 2 is 1.05 bits per heavy atom. The first kappa shape index (κ1) is 49.6. The lowest BCUT2D eigenvalue weighted by Gasteiger charge is -2.35. The highest BCUT2D eigenvalue weighted by Gasteiger charge is 2.38. The van der Waals surface area contributed by atoms with Gasteiger partial charge in [0.15, 0.2) is 5.92 Å². The van der Waals surface area contributed by atoms with Crippen LogP contribution in [0.1, 0.15) is 94.1 Å². The Bertz CT molecular complexity index is 1900. The maximum absolute atomic E-state index is 12.9. The van der Waals surface area contributed by atoms with Gasteiger partial charge in [-0.2, -0.15) is 0 Å². The predicted molar refractivity (Wildman–Crippen MR) is 218 cm³/mol. The van der Waals surface area contributed by atoms with Gasteiger partial charge in [-0.15, -0.1) is 0 Å². The normalized spacial score (nSPS) is 17.7. The zero-order chi connectivity index (χ0) is 45.2. The Labute approximate surface area is 354 Å². The monoisotopic (exact) mass is 855 g/mol. The number of rotatable bonds is 14. The quantitative estimate of drug-likeness (QED) is 0.0764. The average Bonchev–Trinajstić information content (AvgIpc) is 3.26. The number of hydrogen-bond acceptors (Lipinski definition) is 10. The van der Waals surface area contributed by atoms with Gasteiger partial charge in [0, 0.05) is 19.1 Å². The smallest absolute Gasteiger partial charge is 0.320 e. The Morgan fingerprint density at radius 3 is 1.44 bits per heavy atom. The van der Waals surface area contributed by atoms with Gasteiger partial charge < -0.3 is 34.4 Å². The van der Waals surface area contributed by atoms with E-state index in [0.717, 1.165) is 23.1 Å². The first-order chi connectivity index (χ1) is 29.0. The Balaban J connectivity index is 0.000000245. The van der Waals surface area contributed by atoms with Crippen molar-refractivity contribution in [1.82, 2.24) is 15.1 Å². The summed E-state index contributed by atoms with van der Waals surface area (Å²) in [4.78, 5) is 73.4. The lowest BCUT2D eigenvalue weighted by Crippen LogP contribution is -2.45. The van der Waals surface area contributed by atoms with Crippen LogP contribution < -0.4 is 5.32 Å². The molecule has 2 fully saturated rings. The third kappa shape index (κ3) is 14.4. The number of halogens is 3. The van der Waals surface area contributed by atoms with Crippen LogP contribution in [0.15, 0.2) is 72.8 Å². The van der Waals surface area contributed by atoms with Crippen molar-refractivity contribution in [3.05, 3.63) is 107 Å². The van der Waals surface area contributed by atoms with E-state index < -0.39 is 41.6 Å². The Hall–Kier alpha value is -5.77. The molecule has 2 amide bonds. The van der Waals surface area contributed by atoms with Crippen molar-refractivity contribution < 1.29 is 61.3 Å². The number of carbonyl (C=O) groups is 6. The SMILES string of the molecule is COC(=O)C(CCCN[C@@H](C)c1ccc(F)cc1)C(=O)OC.COC(=O)C1CCCN([C@@H](C)c2ccc(F)cc2)C1=O.C[C@@H](c1ccc(F)cc1)N1CCCC(C(=O)O)C1=O. The number of carboxylic acid groups (broad SMARTS) is 1. The molecule has 3 aromatic carbocycles. The fourth-order valence-corrected chi connectivity index (χ4v) is 7.11. The molecular formula is C45H56F3N3O10. The molecule has 0 bridgehead atoms. The summed E-state index contributed by atoms with van der Waals surface area (Å²) in [6, 6.07) is 17.9. The number of benzene rings is 3. The van der Waals surface area contributed by atoms with Crippen LogP contribution >= 0.6 is 0 Å². The summed E-state index contributed by atoms with van der Waals surface area (Å²) in [5.74, 6) is -6.73. The lowest BCUT2D eigenvalue weighted by atomic mass is 9.94. The second-order valence-electron chi connectivity index (χ2n) is 14.7. The fraction of sp³-hybridized carbons (Fsp3) is 0.467. The maximum Gasteiger partial charge on any atom is 0.320 e. The Morgan fingerprint density at radius 1 is 0.656 bits per heavy atom. The van der Waals surface area contributed by atoms with E-state index in [4.69, 9.17) is 5.11 Å². The summed E-state index contributed by atoms with van der Waals surface area (Å²) in [6.07, 6.45) is 3.31. The minimum Gasteiger partial charge on any atom is -0.481 e. The molecule has 5 rings (SSSR count). The zero-order valence-electron chi connectivity index (χ0n) is 35.4. The molecule has 0 aliphatic carbocycles. The van der Waals surface area contributed by atoms with Gasteiger partial charge in [-0.3, -0.25) is 28.8 Å². The highest BCUT2D eigenvalue weighted by molar-refractivity contribution is 5.98. The molecule has 5 atom stereocenters. The van der Waals surface area contributed by atoms with Crippen molar-refractivity contribution in [2.75, 3.05) is 41.0 Å². The number of ether oxygens (including phenoxy) is 3. The van der Waals surface area contributed by atoms with Crippen LogP contribution in [0.25, 0.3) is 0 Å². The number of carbonyl (C=O) groups excluding carboxylic acids is 5. The van der Waals surface area contributed by atoms with E-state index in [-0.39, 0.29) is 47.4 Å². The molecule has 0 spiro atoms. The van der Waals surface area contributed by atoms with Gasteiger partial charge in [-0.25, -0.2) is 13.2 Å². The summed E-state index contributed by atoms with van der Waals surface area (Å²) in [7, 11) is 3.78. The van der Waals surface area contributed by atoms with Gasteiger partial charge in [0.05, 0.1) is 33.4 Å².